The number of hydrogen-bond donors (Lipinski definition) is 0. The van der Waals surface area contributed by atoms with Crippen molar-refractivity contribution in [3.05, 3.63) is 34.4 Å². The molecule has 0 aliphatic rings. The summed E-state index contributed by atoms with van der Waals surface area (Å²) >= 11 is 0. The highest BCUT2D eigenvalue weighted by Gasteiger charge is 2.31. The lowest BCUT2D eigenvalue weighted by atomic mass is 10.3. The van der Waals surface area contributed by atoms with E-state index in [1.807, 2.05) is 6.07 Å². The second-order valence-electron chi connectivity index (χ2n) is 2.22. The minimum atomic E-state index is -4.81. The molecule has 1 rings (SSSR count). The summed E-state index contributed by atoms with van der Waals surface area (Å²) in [5, 5.41) is 10.1. The van der Waals surface area contributed by atoms with Crippen LogP contribution in [0.15, 0.2) is 18.2 Å². The van der Waals surface area contributed by atoms with Gasteiger partial charge in [-0.05, 0) is 6.07 Å². The number of alkyl halides is 3. The van der Waals surface area contributed by atoms with Crippen molar-refractivity contribution in [1.82, 2.24) is 0 Å². The van der Waals surface area contributed by atoms with Gasteiger partial charge in [0.05, 0.1) is 4.92 Å². The van der Waals surface area contributed by atoms with Crippen molar-refractivity contribution >= 4 is 5.69 Å². The molecular formula is C7H3F3NO3. The maximum absolute atomic E-state index is 11.6. The van der Waals surface area contributed by atoms with Crippen LogP contribution in [-0.2, 0) is 0 Å². The molecule has 1 aromatic carbocycles. The van der Waals surface area contributed by atoms with E-state index in [4.69, 9.17) is 0 Å². The summed E-state index contributed by atoms with van der Waals surface area (Å²) in [6.07, 6.45) is -4.81. The first-order chi connectivity index (χ1) is 6.38. The van der Waals surface area contributed by atoms with E-state index >= 15 is 0 Å². The van der Waals surface area contributed by atoms with Gasteiger partial charge in [-0.25, -0.2) is 0 Å². The molecule has 1 radical (unpaired) electrons. The van der Waals surface area contributed by atoms with E-state index in [9.17, 15) is 23.3 Å². The van der Waals surface area contributed by atoms with Crippen LogP contribution in [0.1, 0.15) is 0 Å². The molecule has 0 fully saturated rings. The number of nitrogens with zero attached hydrogens (tertiary/aromatic N) is 1. The molecule has 0 aliphatic carbocycles. The minimum absolute atomic E-state index is 0.348. The highest BCUT2D eigenvalue weighted by molar-refractivity contribution is 5.34. The second kappa shape index (κ2) is 3.52. The SMILES string of the molecule is O=[N+]([O-])c1c[c]c(OC(F)(F)F)cc1. The summed E-state index contributed by atoms with van der Waals surface area (Å²) in [4.78, 5) is 9.38. The number of nitro benzene ring substituents is 1. The highest BCUT2D eigenvalue weighted by atomic mass is 19.4. The van der Waals surface area contributed by atoms with Crippen molar-refractivity contribution in [2.24, 2.45) is 0 Å². The zero-order valence-corrected chi connectivity index (χ0v) is 6.54. The average Bonchev–Trinajstić information content (AvgIpc) is 2.02. The predicted octanol–water partition coefficient (Wildman–Crippen LogP) is 2.29. The molecule has 0 aromatic heterocycles. The number of hydrogen-bond acceptors (Lipinski definition) is 3. The largest absolute Gasteiger partial charge is 0.573 e. The van der Waals surface area contributed by atoms with E-state index < -0.39 is 17.0 Å². The van der Waals surface area contributed by atoms with Crippen LogP contribution in [0.3, 0.4) is 0 Å². The molecule has 0 saturated carbocycles. The van der Waals surface area contributed by atoms with Gasteiger partial charge in [0.15, 0.2) is 0 Å². The number of nitro groups is 1. The number of non-ortho nitro benzene ring substituents is 1. The molecule has 0 atom stereocenters. The Balaban J connectivity index is 2.79. The molecule has 75 valence electrons. The zero-order chi connectivity index (χ0) is 10.8. The third-order valence-corrected chi connectivity index (χ3v) is 1.20. The lowest BCUT2D eigenvalue weighted by molar-refractivity contribution is -0.385. The Morgan fingerprint density at radius 3 is 2.43 bits per heavy atom. The highest BCUT2D eigenvalue weighted by Crippen LogP contribution is 2.23. The second-order valence-corrected chi connectivity index (χ2v) is 2.22. The predicted molar refractivity (Wildman–Crippen MR) is 38.6 cm³/mol. The zero-order valence-electron chi connectivity index (χ0n) is 6.54. The standard InChI is InChI=1S/C7H3F3NO3/c8-7(9,10)14-6-3-1-5(2-4-6)11(12)13/h1-3H. The third-order valence-electron chi connectivity index (χ3n) is 1.20. The Morgan fingerprint density at radius 2 is 2.07 bits per heavy atom. The summed E-state index contributed by atoms with van der Waals surface area (Å²) in [5.41, 5.74) is -0.348. The molecule has 4 nitrogen and oxygen atoms in total. The number of benzene rings is 1. The fourth-order valence-electron chi connectivity index (χ4n) is 0.704. The third kappa shape index (κ3) is 2.92. The van der Waals surface area contributed by atoms with Crippen LogP contribution in [0, 0.1) is 16.2 Å². The maximum atomic E-state index is 11.6. The molecule has 0 saturated heterocycles. The molecule has 0 amide bonds. The van der Waals surface area contributed by atoms with Gasteiger partial charge in [-0.2, -0.15) is 0 Å². The van der Waals surface area contributed by atoms with E-state index in [2.05, 4.69) is 4.74 Å². The summed E-state index contributed by atoms with van der Waals surface area (Å²) in [7, 11) is 0. The van der Waals surface area contributed by atoms with Crippen molar-refractivity contribution in [3.63, 3.8) is 0 Å². The van der Waals surface area contributed by atoms with Crippen LogP contribution < -0.4 is 4.74 Å². The average molecular weight is 206 g/mol. The Hall–Kier alpha value is -1.79. The van der Waals surface area contributed by atoms with Crippen LogP contribution in [-0.4, -0.2) is 11.3 Å². The van der Waals surface area contributed by atoms with Crippen molar-refractivity contribution in [2.75, 3.05) is 0 Å². The Morgan fingerprint density at radius 1 is 1.43 bits per heavy atom. The van der Waals surface area contributed by atoms with E-state index in [0.717, 1.165) is 18.2 Å². The molecule has 0 N–H and O–H groups in total. The molecule has 0 aliphatic heterocycles. The van der Waals surface area contributed by atoms with Crippen LogP contribution in [0.25, 0.3) is 0 Å². The van der Waals surface area contributed by atoms with Crippen LogP contribution in [0.2, 0.25) is 0 Å². The molecule has 0 spiro atoms. The lowest BCUT2D eigenvalue weighted by Crippen LogP contribution is -2.17. The monoisotopic (exact) mass is 206 g/mol. The molecule has 0 heterocycles. The first-order valence-electron chi connectivity index (χ1n) is 3.30. The minimum Gasteiger partial charge on any atom is -0.405 e. The quantitative estimate of drug-likeness (QED) is 0.551. The number of rotatable bonds is 2. The maximum Gasteiger partial charge on any atom is 0.573 e. The van der Waals surface area contributed by atoms with Gasteiger partial charge in [-0.3, -0.25) is 10.1 Å². The Bertz CT molecular complexity index is 333. The summed E-state index contributed by atoms with van der Waals surface area (Å²) < 4.78 is 38.3. The lowest BCUT2D eigenvalue weighted by Gasteiger charge is -2.07. The molecule has 14 heavy (non-hydrogen) atoms. The molecule has 1 aromatic rings. The molecular weight excluding hydrogens is 203 g/mol. The van der Waals surface area contributed by atoms with E-state index in [1.165, 1.54) is 0 Å². The van der Waals surface area contributed by atoms with Crippen molar-refractivity contribution < 1.29 is 22.8 Å². The fourth-order valence-corrected chi connectivity index (χ4v) is 0.704. The number of ether oxygens (including phenoxy) is 1. The smallest absolute Gasteiger partial charge is 0.405 e. The van der Waals surface area contributed by atoms with Gasteiger partial charge in [0, 0.05) is 18.2 Å². The van der Waals surface area contributed by atoms with E-state index in [0.29, 0.717) is 0 Å². The number of halogens is 3. The summed E-state index contributed by atoms with van der Waals surface area (Å²) in [5.74, 6) is -0.608. The van der Waals surface area contributed by atoms with Crippen molar-refractivity contribution in [1.29, 1.82) is 0 Å². The van der Waals surface area contributed by atoms with Gasteiger partial charge >= 0.3 is 6.36 Å². The molecule has 7 heteroatoms. The van der Waals surface area contributed by atoms with Crippen molar-refractivity contribution in [2.45, 2.75) is 6.36 Å². The van der Waals surface area contributed by atoms with Crippen LogP contribution >= 0.6 is 0 Å². The van der Waals surface area contributed by atoms with E-state index in [1.54, 1.807) is 0 Å². The van der Waals surface area contributed by atoms with Gasteiger partial charge in [-0.15, -0.1) is 13.2 Å². The Labute approximate surface area is 76.1 Å². The van der Waals surface area contributed by atoms with Gasteiger partial charge < -0.3 is 4.74 Å². The van der Waals surface area contributed by atoms with Gasteiger partial charge in [-0.1, -0.05) is 0 Å². The van der Waals surface area contributed by atoms with Crippen LogP contribution in [0.5, 0.6) is 5.75 Å². The van der Waals surface area contributed by atoms with E-state index in [-0.39, 0.29) is 5.69 Å². The Kier molecular flexibility index (Phi) is 2.59. The van der Waals surface area contributed by atoms with Gasteiger partial charge in [0.25, 0.3) is 5.69 Å². The fraction of sp³-hybridized carbons (Fsp3) is 0.143. The first-order valence-corrected chi connectivity index (χ1v) is 3.30. The summed E-state index contributed by atoms with van der Waals surface area (Å²) in [6.45, 7) is 0. The topological polar surface area (TPSA) is 52.4 Å². The molecule has 0 unspecified atom stereocenters. The van der Waals surface area contributed by atoms with Crippen LogP contribution in [0.4, 0.5) is 18.9 Å². The first kappa shape index (κ1) is 10.3. The molecule has 0 bridgehead atoms. The summed E-state index contributed by atoms with van der Waals surface area (Å²) in [6, 6.07) is 4.52. The van der Waals surface area contributed by atoms with Gasteiger partial charge in [0.2, 0.25) is 0 Å². The van der Waals surface area contributed by atoms with Crippen molar-refractivity contribution in [3.8, 4) is 5.75 Å². The van der Waals surface area contributed by atoms with Gasteiger partial charge in [0.1, 0.15) is 5.75 Å². The normalized spacial score (nSPS) is 11.1.